The number of aromatic nitrogens is 3. The quantitative estimate of drug-likeness (QED) is 0.591. The highest BCUT2D eigenvalue weighted by Gasteiger charge is 2.25. The molecule has 3 rings (SSSR count). The Labute approximate surface area is 107 Å². The van der Waals surface area contributed by atoms with Gasteiger partial charge in [-0.05, 0) is 6.07 Å². The highest BCUT2D eigenvalue weighted by molar-refractivity contribution is 6.06. The fraction of sp³-hybridized carbons (Fsp3) is 0.400. The first-order chi connectivity index (χ1) is 8.41. The lowest BCUT2D eigenvalue weighted by Gasteiger charge is -2.19. The van der Waals surface area contributed by atoms with Gasteiger partial charge >= 0.3 is 0 Å². The van der Waals surface area contributed by atoms with Gasteiger partial charge in [0.2, 0.25) is 0 Å². The van der Waals surface area contributed by atoms with Gasteiger partial charge in [0.15, 0.2) is 0 Å². The molecular weight excluding hydrogens is 222 g/mol. The SMILES string of the molecule is Cn1nc2c3ccccc3n(C)c2c1C(C)(C)C. The maximum absolute atomic E-state index is 4.72. The van der Waals surface area contributed by atoms with E-state index in [0.717, 1.165) is 5.52 Å². The monoisotopic (exact) mass is 241 g/mol. The van der Waals surface area contributed by atoms with Gasteiger partial charge in [-0.1, -0.05) is 39.0 Å². The highest BCUT2D eigenvalue weighted by Crippen LogP contribution is 2.34. The molecule has 3 aromatic rings. The van der Waals surface area contributed by atoms with E-state index in [-0.39, 0.29) is 5.41 Å². The molecule has 0 amide bonds. The van der Waals surface area contributed by atoms with E-state index in [1.807, 2.05) is 11.7 Å². The number of hydrogen-bond acceptors (Lipinski definition) is 1. The van der Waals surface area contributed by atoms with Gasteiger partial charge in [-0.15, -0.1) is 0 Å². The maximum Gasteiger partial charge on any atom is 0.118 e. The van der Waals surface area contributed by atoms with Crippen LogP contribution in [0.4, 0.5) is 0 Å². The van der Waals surface area contributed by atoms with E-state index in [0.29, 0.717) is 0 Å². The van der Waals surface area contributed by atoms with Gasteiger partial charge < -0.3 is 4.57 Å². The van der Waals surface area contributed by atoms with Crippen LogP contribution in [0.25, 0.3) is 21.9 Å². The summed E-state index contributed by atoms with van der Waals surface area (Å²) in [5.74, 6) is 0. The maximum atomic E-state index is 4.72. The summed E-state index contributed by atoms with van der Waals surface area (Å²) >= 11 is 0. The minimum absolute atomic E-state index is 0.0889. The topological polar surface area (TPSA) is 22.8 Å². The average Bonchev–Trinajstić information content (AvgIpc) is 2.75. The van der Waals surface area contributed by atoms with Crippen molar-refractivity contribution in [2.45, 2.75) is 26.2 Å². The van der Waals surface area contributed by atoms with Crippen LogP contribution in [0.15, 0.2) is 24.3 Å². The molecule has 0 bridgehead atoms. The second kappa shape index (κ2) is 3.37. The summed E-state index contributed by atoms with van der Waals surface area (Å²) in [5.41, 5.74) is 5.00. The summed E-state index contributed by atoms with van der Waals surface area (Å²) in [6, 6.07) is 8.46. The Morgan fingerprint density at radius 3 is 2.39 bits per heavy atom. The lowest BCUT2D eigenvalue weighted by atomic mass is 9.91. The van der Waals surface area contributed by atoms with E-state index in [9.17, 15) is 0 Å². The van der Waals surface area contributed by atoms with Gasteiger partial charge in [-0.3, -0.25) is 4.68 Å². The summed E-state index contributed by atoms with van der Waals surface area (Å²) in [4.78, 5) is 0. The zero-order chi connectivity index (χ0) is 13.1. The predicted octanol–water partition coefficient (Wildman–Crippen LogP) is 3.36. The standard InChI is InChI=1S/C15H19N3/c1-15(2,3)14-13-12(16-18(14)5)10-8-6-7-9-11(10)17(13)4/h6-9H,1-5H3. The van der Waals surface area contributed by atoms with Crippen molar-refractivity contribution in [2.75, 3.05) is 0 Å². The molecule has 0 atom stereocenters. The van der Waals surface area contributed by atoms with E-state index in [2.05, 4.69) is 56.7 Å². The molecule has 0 aliphatic carbocycles. The number of benzene rings is 1. The Kier molecular flexibility index (Phi) is 2.12. The summed E-state index contributed by atoms with van der Waals surface area (Å²) < 4.78 is 4.29. The third-order valence-corrected chi connectivity index (χ3v) is 3.59. The number of para-hydroxylation sites is 1. The predicted molar refractivity (Wildman–Crippen MR) is 75.9 cm³/mol. The largest absolute Gasteiger partial charge is 0.341 e. The molecule has 0 aliphatic rings. The Hall–Kier alpha value is -1.77. The molecule has 1 aromatic carbocycles. The Bertz CT molecular complexity index is 738. The summed E-state index contributed by atoms with van der Waals surface area (Å²) in [7, 11) is 4.16. The van der Waals surface area contributed by atoms with Crippen molar-refractivity contribution in [3.8, 4) is 0 Å². The van der Waals surface area contributed by atoms with E-state index in [1.165, 1.54) is 22.1 Å². The lowest BCUT2D eigenvalue weighted by Crippen LogP contribution is -2.17. The molecule has 3 nitrogen and oxygen atoms in total. The van der Waals surface area contributed by atoms with Crippen LogP contribution in [-0.2, 0) is 19.5 Å². The minimum atomic E-state index is 0.0889. The van der Waals surface area contributed by atoms with Gasteiger partial charge in [0.25, 0.3) is 0 Å². The van der Waals surface area contributed by atoms with Gasteiger partial charge in [0, 0.05) is 24.9 Å². The first-order valence-corrected chi connectivity index (χ1v) is 6.32. The normalized spacial score (nSPS) is 12.7. The van der Waals surface area contributed by atoms with Crippen molar-refractivity contribution in [1.29, 1.82) is 0 Å². The molecule has 0 unspecified atom stereocenters. The molecule has 0 saturated heterocycles. The summed E-state index contributed by atoms with van der Waals surface area (Å²) in [6.07, 6.45) is 0. The van der Waals surface area contributed by atoms with Crippen molar-refractivity contribution >= 4 is 21.9 Å². The molecule has 94 valence electrons. The molecule has 0 fully saturated rings. The fourth-order valence-electron chi connectivity index (χ4n) is 2.94. The molecule has 0 spiro atoms. The van der Waals surface area contributed by atoms with Crippen LogP contribution in [0.5, 0.6) is 0 Å². The summed E-state index contributed by atoms with van der Waals surface area (Å²) in [5, 5.41) is 5.96. The van der Waals surface area contributed by atoms with Crippen LogP contribution < -0.4 is 0 Å². The number of aryl methyl sites for hydroxylation is 2. The molecule has 0 radical (unpaired) electrons. The summed E-state index contributed by atoms with van der Waals surface area (Å²) in [6.45, 7) is 6.71. The van der Waals surface area contributed by atoms with Gasteiger partial charge in [-0.25, -0.2) is 0 Å². The van der Waals surface area contributed by atoms with Crippen molar-refractivity contribution in [2.24, 2.45) is 14.1 Å². The smallest absolute Gasteiger partial charge is 0.118 e. The molecule has 3 heteroatoms. The van der Waals surface area contributed by atoms with Crippen molar-refractivity contribution in [1.82, 2.24) is 14.3 Å². The molecule has 18 heavy (non-hydrogen) atoms. The van der Waals surface area contributed by atoms with Crippen LogP contribution in [0.3, 0.4) is 0 Å². The van der Waals surface area contributed by atoms with E-state index >= 15 is 0 Å². The molecule has 0 aliphatic heterocycles. The van der Waals surface area contributed by atoms with Gasteiger partial charge in [0.1, 0.15) is 5.52 Å². The first kappa shape index (κ1) is 11.3. The minimum Gasteiger partial charge on any atom is -0.341 e. The lowest BCUT2D eigenvalue weighted by molar-refractivity contribution is 0.525. The number of fused-ring (bicyclic) bond motifs is 3. The highest BCUT2D eigenvalue weighted by atomic mass is 15.3. The Morgan fingerprint density at radius 2 is 1.72 bits per heavy atom. The third-order valence-electron chi connectivity index (χ3n) is 3.59. The zero-order valence-corrected chi connectivity index (χ0v) is 11.7. The Balaban J connectivity index is 2.56. The number of nitrogens with zero attached hydrogens (tertiary/aromatic N) is 3. The molecule has 0 N–H and O–H groups in total. The number of hydrogen-bond donors (Lipinski definition) is 0. The molecular formula is C15H19N3. The van der Waals surface area contributed by atoms with Gasteiger partial charge in [-0.2, -0.15) is 5.10 Å². The first-order valence-electron chi connectivity index (χ1n) is 6.32. The Morgan fingerprint density at radius 1 is 1.06 bits per heavy atom. The van der Waals surface area contributed by atoms with Crippen LogP contribution in [0.1, 0.15) is 26.5 Å². The average molecular weight is 241 g/mol. The van der Waals surface area contributed by atoms with E-state index in [1.54, 1.807) is 0 Å². The zero-order valence-electron chi connectivity index (χ0n) is 11.7. The van der Waals surface area contributed by atoms with Crippen LogP contribution in [0, 0.1) is 0 Å². The second-order valence-corrected chi connectivity index (χ2v) is 6.00. The van der Waals surface area contributed by atoms with Crippen LogP contribution in [0.2, 0.25) is 0 Å². The van der Waals surface area contributed by atoms with Crippen molar-refractivity contribution in [3.63, 3.8) is 0 Å². The van der Waals surface area contributed by atoms with E-state index < -0.39 is 0 Å². The molecule has 2 aromatic heterocycles. The van der Waals surface area contributed by atoms with Crippen molar-refractivity contribution in [3.05, 3.63) is 30.0 Å². The van der Waals surface area contributed by atoms with Crippen LogP contribution in [-0.4, -0.2) is 14.3 Å². The van der Waals surface area contributed by atoms with Crippen molar-refractivity contribution < 1.29 is 0 Å². The van der Waals surface area contributed by atoms with Gasteiger partial charge in [0.05, 0.1) is 16.7 Å². The third kappa shape index (κ3) is 1.33. The molecule has 0 saturated carbocycles. The number of rotatable bonds is 0. The van der Waals surface area contributed by atoms with Crippen LogP contribution >= 0.6 is 0 Å². The second-order valence-electron chi connectivity index (χ2n) is 6.00. The molecule has 2 heterocycles. The fourth-order valence-corrected chi connectivity index (χ4v) is 2.94. The van der Waals surface area contributed by atoms with E-state index in [4.69, 9.17) is 5.10 Å².